The number of carbonyl (C=O) groups is 1. The number of nitrogens with zero attached hydrogens (tertiary/aromatic N) is 3. The number of hydrogen-bond acceptors (Lipinski definition) is 4. The molecule has 0 saturated heterocycles. The number of nitrogens with one attached hydrogen (secondary N) is 1. The highest BCUT2D eigenvalue weighted by Gasteiger charge is 2.17. The number of rotatable bonds is 6. The van der Waals surface area contributed by atoms with Gasteiger partial charge in [0.2, 0.25) is 11.8 Å². The highest BCUT2D eigenvalue weighted by atomic mass is 16.5. The summed E-state index contributed by atoms with van der Waals surface area (Å²) in [5.41, 5.74) is 0.981. The molecule has 1 amide bonds. The Balaban J connectivity index is 1.54. The van der Waals surface area contributed by atoms with Crippen molar-refractivity contribution in [2.24, 2.45) is 0 Å². The summed E-state index contributed by atoms with van der Waals surface area (Å²) in [6.07, 6.45) is 10.1. The third-order valence-electron chi connectivity index (χ3n) is 4.16. The van der Waals surface area contributed by atoms with Crippen molar-refractivity contribution in [2.45, 2.75) is 51.3 Å². The molecule has 6 heteroatoms. The zero-order valence-corrected chi connectivity index (χ0v) is 13.3. The Hall–Kier alpha value is -2.37. The van der Waals surface area contributed by atoms with Gasteiger partial charge in [-0.25, -0.2) is 4.98 Å². The van der Waals surface area contributed by atoms with Crippen molar-refractivity contribution in [3.05, 3.63) is 42.4 Å². The first-order chi connectivity index (χ1) is 11.2. The summed E-state index contributed by atoms with van der Waals surface area (Å²) in [6, 6.07) is 5.26. The molecule has 1 N–H and O–H groups in total. The van der Waals surface area contributed by atoms with E-state index >= 15 is 0 Å². The lowest BCUT2D eigenvalue weighted by atomic mass is 10.2. The van der Waals surface area contributed by atoms with Gasteiger partial charge in [-0.15, -0.1) is 0 Å². The first-order valence-corrected chi connectivity index (χ1v) is 8.11. The van der Waals surface area contributed by atoms with Crippen LogP contribution in [0.1, 0.15) is 44.2 Å². The number of carbonyl (C=O) groups excluding carboxylic acids is 1. The normalized spacial score (nSPS) is 16.2. The summed E-state index contributed by atoms with van der Waals surface area (Å²) in [5.74, 6) is 0.576. The van der Waals surface area contributed by atoms with Crippen LogP contribution in [0.25, 0.3) is 0 Å². The summed E-state index contributed by atoms with van der Waals surface area (Å²) in [7, 11) is 0. The zero-order valence-electron chi connectivity index (χ0n) is 13.3. The standard InChI is InChI=1S/C17H22N4O2/c1-13(21-10-4-8-20-21)17(22)19-12-14-7-9-18-16(11-14)23-15-5-2-3-6-15/h4,7-11,13,15H,2-3,5-6,12H2,1H3,(H,19,22)/t13-/m1/s1. The van der Waals surface area contributed by atoms with Crippen LogP contribution in [-0.2, 0) is 11.3 Å². The molecule has 122 valence electrons. The number of ether oxygens (including phenoxy) is 1. The number of hydrogen-bond donors (Lipinski definition) is 1. The average Bonchev–Trinajstić information content (AvgIpc) is 3.25. The molecule has 2 aromatic rings. The van der Waals surface area contributed by atoms with Crippen LogP contribution in [0.3, 0.4) is 0 Å². The van der Waals surface area contributed by atoms with E-state index in [4.69, 9.17) is 4.74 Å². The Labute approximate surface area is 135 Å². The minimum atomic E-state index is -0.332. The fraction of sp³-hybridized carbons (Fsp3) is 0.471. The number of pyridine rings is 1. The van der Waals surface area contributed by atoms with Gasteiger partial charge in [-0.1, -0.05) is 0 Å². The van der Waals surface area contributed by atoms with Crippen LogP contribution >= 0.6 is 0 Å². The average molecular weight is 314 g/mol. The second-order valence-electron chi connectivity index (χ2n) is 5.91. The smallest absolute Gasteiger partial charge is 0.244 e. The molecular weight excluding hydrogens is 292 g/mol. The summed E-state index contributed by atoms with van der Waals surface area (Å²) in [5, 5.41) is 7.01. The molecule has 2 heterocycles. The van der Waals surface area contributed by atoms with Gasteiger partial charge in [0.25, 0.3) is 0 Å². The third kappa shape index (κ3) is 4.09. The third-order valence-corrected chi connectivity index (χ3v) is 4.16. The molecule has 1 aliphatic rings. The van der Waals surface area contributed by atoms with Gasteiger partial charge in [-0.3, -0.25) is 9.48 Å². The molecule has 1 aliphatic carbocycles. The molecule has 1 fully saturated rings. The second kappa shape index (κ2) is 7.26. The lowest BCUT2D eigenvalue weighted by Gasteiger charge is -2.14. The van der Waals surface area contributed by atoms with E-state index in [1.807, 2.05) is 19.1 Å². The SMILES string of the molecule is C[C@H](C(=O)NCc1ccnc(OC2CCCC2)c1)n1cccn1. The van der Waals surface area contributed by atoms with Crippen LogP contribution in [0.5, 0.6) is 5.88 Å². The molecule has 0 bridgehead atoms. The second-order valence-corrected chi connectivity index (χ2v) is 5.91. The van der Waals surface area contributed by atoms with Gasteiger partial charge in [0.15, 0.2) is 0 Å². The van der Waals surface area contributed by atoms with Gasteiger partial charge in [0.05, 0.1) is 0 Å². The maximum Gasteiger partial charge on any atom is 0.244 e. The molecule has 6 nitrogen and oxygen atoms in total. The van der Waals surface area contributed by atoms with Crippen LogP contribution in [0.4, 0.5) is 0 Å². The Morgan fingerprint density at radius 2 is 2.26 bits per heavy atom. The van der Waals surface area contributed by atoms with Crippen LogP contribution in [0.15, 0.2) is 36.8 Å². The molecule has 1 saturated carbocycles. The van der Waals surface area contributed by atoms with Crippen LogP contribution < -0.4 is 10.1 Å². The Kier molecular flexibility index (Phi) is 4.90. The summed E-state index contributed by atoms with van der Waals surface area (Å²) >= 11 is 0. The highest BCUT2D eigenvalue weighted by Crippen LogP contribution is 2.23. The van der Waals surface area contributed by atoms with Crippen molar-refractivity contribution < 1.29 is 9.53 Å². The van der Waals surface area contributed by atoms with Crippen LogP contribution in [0.2, 0.25) is 0 Å². The number of amides is 1. The quantitative estimate of drug-likeness (QED) is 0.889. The molecule has 23 heavy (non-hydrogen) atoms. The lowest BCUT2D eigenvalue weighted by molar-refractivity contribution is -0.124. The largest absolute Gasteiger partial charge is 0.474 e. The van der Waals surface area contributed by atoms with Crippen molar-refractivity contribution in [1.29, 1.82) is 0 Å². The van der Waals surface area contributed by atoms with E-state index in [9.17, 15) is 4.79 Å². The van der Waals surface area contributed by atoms with E-state index < -0.39 is 0 Å². The molecule has 0 aliphatic heterocycles. The van der Waals surface area contributed by atoms with E-state index in [-0.39, 0.29) is 18.1 Å². The van der Waals surface area contributed by atoms with Gasteiger partial charge in [-0.05, 0) is 50.3 Å². The van der Waals surface area contributed by atoms with Gasteiger partial charge in [-0.2, -0.15) is 5.10 Å². The fourth-order valence-corrected chi connectivity index (χ4v) is 2.77. The summed E-state index contributed by atoms with van der Waals surface area (Å²) in [6.45, 7) is 2.28. The lowest BCUT2D eigenvalue weighted by Crippen LogP contribution is -2.30. The molecule has 0 aromatic carbocycles. The van der Waals surface area contributed by atoms with Crippen molar-refractivity contribution in [3.63, 3.8) is 0 Å². The monoisotopic (exact) mass is 314 g/mol. The maximum absolute atomic E-state index is 12.2. The first-order valence-electron chi connectivity index (χ1n) is 8.11. The fourth-order valence-electron chi connectivity index (χ4n) is 2.77. The van der Waals surface area contributed by atoms with E-state index in [0.29, 0.717) is 12.4 Å². The first kappa shape index (κ1) is 15.5. The molecular formula is C17H22N4O2. The minimum Gasteiger partial charge on any atom is -0.474 e. The molecule has 2 aromatic heterocycles. The van der Waals surface area contributed by atoms with Crippen LogP contribution in [0, 0.1) is 0 Å². The summed E-state index contributed by atoms with van der Waals surface area (Å²) < 4.78 is 7.53. The molecule has 0 radical (unpaired) electrons. The molecule has 0 unspecified atom stereocenters. The molecule has 3 rings (SSSR count). The van der Waals surface area contributed by atoms with Crippen molar-refractivity contribution in [2.75, 3.05) is 0 Å². The number of aromatic nitrogens is 3. The predicted molar refractivity (Wildman–Crippen MR) is 85.9 cm³/mol. The Bertz CT molecular complexity index is 636. The van der Waals surface area contributed by atoms with E-state index in [0.717, 1.165) is 18.4 Å². The summed E-state index contributed by atoms with van der Waals surface area (Å²) in [4.78, 5) is 16.4. The van der Waals surface area contributed by atoms with Crippen molar-refractivity contribution in [1.82, 2.24) is 20.1 Å². The van der Waals surface area contributed by atoms with E-state index in [1.54, 1.807) is 29.3 Å². The predicted octanol–water partition coefficient (Wildman–Crippen LogP) is 2.48. The Morgan fingerprint density at radius 1 is 1.43 bits per heavy atom. The van der Waals surface area contributed by atoms with Gasteiger partial charge in [0.1, 0.15) is 12.1 Å². The van der Waals surface area contributed by atoms with Crippen molar-refractivity contribution >= 4 is 5.91 Å². The van der Waals surface area contributed by atoms with Gasteiger partial charge >= 0.3 is 0 Å². The van der Waals surface area contributed by atoms with E-state index in [1.165, 1.54) is 12.8 Å². The van der Waals surface area contributed by atoms with Gasteiger partial charge < -0.3 is 10.1 Å². The van der Waals surface area contributed by atoms with E-state index in [2.05, 4.69) is 15.4 Å². The van der Waals surface area contributed by atoms with Crippen molar-refractivity contribution in [3.8, 4) is 5.88 Å². The highest BCUT2D eigenvalue weighted by molar-refractivity contribution is 5.79. The topological polar surface area (TPSA) is 69.0 Å². The van der Waals surface area contributed by atoms with Crippen LogP contribution in [-0.4, -0.2) is 26.8 Å². The molecule has 1 atom stereocenters. The zero-order chi connectivity index (χ0) is 16.1. The molecule has 0 spiro atoms. The van der Waals surface area contributed by atoms with Gasteiger partial charge in [0, 0.05) is 31.2 Å². The Morgan fingerprint density at radius 3 is 3.00 bits per heavy atom. The maximum atomic E-state index is 12.2. The minimum absolute atomic E-state index is 0.0660.